The molecule has 1 saturated carbocycles. The first-order valence-corrected chi connectivity index (χ1v) is 5.68. The Morgan fingerprint density at radius 3 is 2.67 bits per heavy atom. The SMILES string of the molecule is O=C(NCC(Cl)C1CC1)c1ccccc1. The number of carbonyl (C=O) groups is 1. The Hall–Kier alpha value is -1.02. The smallest absolute Gasteiger partial charge is 0.251 e. The lowest BCUT2D eigenvalue weighted by Crippen LogP contribution is -2.30. The third-order valence-electron chi connectivity index (χ3n) is 2.63. The maximum Gasteiger partial charge on any atom is 0.251 e. The van der Waals surface area contributed by atoms with Gasteiger partial charge in [-0.25, -0.2) is 0 Å². The van der Waals surface area contributed by atoms with Gasteiger partial charge in [0.1, 0.15) is 0 Å². The average Bonchev–Trinajstić information content (AvgIpc) is 3.10. The highest BCUT2D eigenvalue weighted by molar-refractivity contribution is 6.21. The van der Waals surface area contributed by atoms with E-state index in [-0.39, 0.29) is 11.3 Å². The van der Waals surface area contributed by atoms with Crippen molar-refractivity contribution in [1.82, 2.24) is 5.32 Å². The van der Waals surface area contributed by atoms with Crippen LogP contribution in [0, 0.1) is 5.92 Å². The van der Waals surface area contributed by atoms with E-state index in [9.17, 15) is 4.79 Å². The molecule has 2 nitrogen and oxygen atoms in total. The molecule has 80 valence electrons. The summed E-state index contributed by atoms with van der Waals surface area (Å²) in [5.41, 5.74) is 0.692. The molecular weight excluding hydrogens is 210 g/mol. The van der Waals surface area contributed by atoms with Crippen molar-refractivity contribution in [1.29, 1.82) is 0 Å². The van der Waals surface area contributed by atoms with Crippen molar-refractivity contribution in [2.45, 2.75) is 18.2 Å². The summed E-state index contributed by atoms with van der Waals surface area (Å²) in [5.74, 6) is 0.574. The van der Waals surface area contributed by atoms with Gasteiger partial charge in [0.05, 0.1) is 5.38 Å². The molecule has 1 aliphatic rings. The van der Waals surface area contributed by atoms with E-state index in [1.54, 1.807) is 12.1 Å². The number of carbonyl (C=O) groups excluding carboxylic acids is 1. The molecule has 1 atom stereocenters. The molecule has 0 aromatic heterocycles. The molecule has 1 N–H and O–H groups in total. The van der Waals surface area contributed by atoms with Crippen LogP contribution in [0.5, 0.6) is 0 Å². The molecule has 1 fully saturated rings. The summed E-state index contributed by atoms with van der Waals surface area (Å²) in [6.07, 6.45) is 2.41. The fraction of sp³-hybridized carbons (Fsp3) is 0.417. The lowest BCUT2D eigenvalue weighted by molar-refractivity contribution is 0.0953. The molecule has 1 aromatic rings. The fourth-order valence-corrected chi connectivity index (χ4v) is 1.84. The van der Waals surface area contributed by atoms with Crippen LogP contribution in [0.1, 0.15) is 23.2 Å². The second-order valence-electron chi connectivity index (χ2n) is 3.93. The summed E-state index contributed by atoms with van der Waals surface area (Å²) >= 11 is 6.10. The highest BCUT2D eigenvalue weighted by atomic mass is 35.5. The quantitative estimate of drug-likeness (QED) is 0.781. The average molecular weight is 224 g/mol. The molecule has 15 heavy (non-hydrogen) atoms. The Morgan fingerprint density at radius 1 is 1.40 bits per heavy atom. The normalized spacial score (nSPS) is 17.1. The van der Waals surface area contributed by atoms with Gasteiger partial charge in [-0.1, -0.05) is 18.2 Å². The summed E-state index contributed by atoms with van der Waals surface area (Å²) in [6, 6.07) is 9.21. The van der Waals surface area contributed by atoms with Crippen LogP contribution >= 0.6 is 11.6 Å². The molecule has 1 aliphatic carbocycles. The van der Waals surface area contributed by atoms with Gasteiger partial charge >= 0.3 is 0 Å². The third kappa shape index (κ3) is 2.96. The number of benzene rings is 1. The largest absolute Gasteiger partial charge is 0.351 e. The van der Waals surface area contributed by atoms with Crippen molar-refractivity contribution in [3.63, 3.8) is 0 Å². The van der Waals surface area contributed by atoms with Gasteiger partial charge in [0.25, 0.3) is 5.91 Å². The first kappa shape index (κ1) is 10.5. The molecule has 0 spiro atoms. The van der Waals surface area contributed by atoms with Crippen molar-refractivity contribution in [3.05, 3.63) is 35.9 Å². The second kappa shape index (κ2) is 4.67. The summed E-state index contributed by atoms with van der Waals surface area (Å²) in [5, 5.41) is 2.94. The monoisotopic (exact) mass is 223 g/mol. The van der Waals surface area contributed by atoms with Gasteiger partial charge in [-0.05, 0) is 30.9 Å². The molecule has 0 aliphatic heterocycles. The minimum Gasteiger partial charge on any atom is -0.351 e. The predicted octanol–water partition coefficient (Wildman–Crippen LogP) is 2.43. The Labute approximate surface area is 94.6 Å². The topological polar surface area (TPSA) is 29.1 Å². The van der Waals surface area contributed by atoms with Crippen LogP contribution in [0.25, 0.3) is 0 Å². The molecule has 0 radical (unpaired) electrons. The van der Waals surface area contributed by atoms with E-state index in [0.29, 0.717) is 18.0 Å². The van der Waals surface area contributed by atoms with Gasteiger partial charge in [0, 0.05) is 12.1 Å². The fourth-order valence-electron chi connectivity index (χ4n) is 1.51. The van der Waals surface area contributed by atoms with Crippen molar-refractivity contribution in [2.24, 2.45) is 5.92 Å². The van der Waals surface area contributed by atoms with Crippen molar-refractivity contribution < 1.29 is 4.79 Å². The molecule has 0 saturated heterocycles. The minimum absolute atomic E-state index is 0.0399. The number of hydrogen-bond donors (Lipinski definition) is 1. The van der Waals surface area contributed by atoms with Crippen LogP contribution in [0.2, 0.25) is 0 Å². The maximum atomic E-state index is 11.6. The van der Waals surface area contributed by atoms with Gasteiger partial charge in [-0.3, -0.25) is 4.79 Å². The second-order valence-corrected chi connectivity index (χ2v) is 4.49. The number of amides is 1. The summed E-state index contributed by atoms with van der Waals surface area (Å²) in [7, 11) is 0. The number of rotatable bonds is 4. The van der Waals surface area contributed by atoms with Gasteiger partial charge < -0.3 is 5.32 Å². The van der Waals surface area contributed by atoms with Crippen molar-refractivity contribution in [2.75, 3.05) is 6.54 Å². The summed E-state index contributed by atoms with van der Waals surface area (Å²) in [4.78, 5) is 11.6. The first-order valence-electron chi connectivity index (χ1n) is 5.24. The lowest BCUT2D eigenvalue weighted by Gasteiger charge is -2.09. The highest BCUT2D eigenvalue weighted by Crippen LogP contribution is 2.35. The van der Waals surface area contributed by atoms with Gasteiger partial charge in [-0.2, -0.15) is 0 Å². The van der Waals surface area contributed by atoms with E-state index in [2.05, 4.69) is 5.32 Å². The van der Waals surface area contributed by atoms with E-state index >= 15 is 0 Å². The zero-order valence-electron chi connectivity index (χ0n) is 8.45. The maximum absolute atomic E-state index is 11.6. The number of halogens is 1. The molecule has 1 unspecified atom stereocenters. The van der Waals surface area contributed by atoms with E-state index in [1.165, 1.54) is 12.8 Å². The van der Waals surface area contributed by atoms with E-state index in [4.69, 9.17) is 11.6 Å². The Balaban J connectivity index is 1.82. The van der Waals surface area contributed by atoms with Crippen LogP contribution in [0.15, 0.2) is 30.3 Å². The van der Waals surface area contributed by atoms with Crippen LogP contribution in [-0.4, -0.2) is 17.8 Å². The molecular formula is C12H14ClNO. The van der Waals surface area contributed by atoms with Crippen molar-refractivity contribution >= 4 is 17.5 Å². The van der Waals surface area contributed by atoms with Crippen molar-refractivity contribution in [3.8, 4) is 0 Å². The molecule has 1 aromatic carbocycles. The molecule has 0 bridgehead atoms. The Bertz CT molecular complexity index is 335. The molecule has 2 rings (SSSR count). The highest BCUT2D eigenvalue weighted by Gasteiger charge is 2.29. The van der Waals surface area contributed by atoms with E-state index < -0.39 is 0 Å². The van der Waals surface area contributed by atoms with Crippen LogP contribution in [-0.2, 0) is 0 Å². The molecule has 0 heterocycles. The number of hydrogen-bond acceptors (Lipinski definition) is 1. The Kier molecular flexibility index (Phi) is 3.27. The summed E-state index contributed by atoms with van der Waals surface area (Å²) in [6.45, 7) is 0.569. The predicted molar refractivity (Wildman–Crippen MR) is 61.1 cm³/mol. The van der Waals surface area contributed by atoms with E-state index in [1.807, 2.05) is 18.2 Å². The van der Waals surface area contributed by atoms with Crippen LogP contribution in [0.3, 0.4) is 0 Å². The Morgan fingerprint density at radius 2 is 2.07 bits per heavy atom. The first-order chi connectivity index (χ1) is 7.27. The zero-order chi connectivity index (χ0) is 10.7. The summed E-state index contributed by atoms with van der Waals surface area (Å²) < 4.78 is 0. The zero-order valence-corrected chi connectivity index (χ0v) is 9.20. The van der Waals surface area contributed by atoms with Gasteiger partial charge in [-0.15, -0.1) is 11.6 Å². The van der Waals surface area contributed by atoms with Crippen LogP contribution < -0.4 is 5.32 Å². The number of alkyl halides is 1. The molecule has 3 heteroatoms. The van der Waals surface area contributed by atoms with E-state index in [0.717, 1.165) is 0 Å². The minimum atomic E-state index is -0.0399. The lowest BCUT2D eigenvalue weighted by atomic mass is 10.2. The van der Waals surface area contributed by atoms with Gasteiger partial charge in [0.15, 0.2) is 0 Å². The third-order valence-corrected chi connectivity index (χ3v) is 3.14. The molecule has 1 amide bonds. The van der Waals surface area contributed by atoms with Crippen LogP contribution in [0.4, 0.5) is 0 Å². The standard InChI is InChI=1S/C12H14ClNO/c13-11(9-6-7-9)8-14-12(15)10-4-2-1-3-5-10/h1-5,9,11H,6-8H2,(H,14,15). The van der Waals surface area contributed by atoms with Gasteiger partial charge in [0.2, 0.25) is 0 Å². The number of nitrogens with one attached hydrogen (secondary N) is 1.